The summed E-state index contributed by atoms with van der Waals surface area (Å²) < 4.78 is 0. The van der Waals surface area contributed by atoms with Crippen molar-refractivity contribution in [3.63, 3.8) is 0 Å². The van der Waals surface area contributed by atoms with Gasteiger partial charge in [-0.3, -0.25) is 9.97 Å². The third-order valence-electron chi connectivity index (χ3n) is 9.23. The van der Waals surface area contributed by atoms with Gasteiger partial charge in [0.25, 0.3) is 0 Å². The van der Waals surface area contributed by atoms with E-state index in [2.05, 4.69) is 101 Å². The van der Waals surface area contributed by atoms with Crippen LogP contribution in [0.25, 0.3) is 98.9 Å². The molecule has 0 aliphatic heterocycles. The monoisotopic (exact) mass is 557 g/mol. The summed E-state index contributed by atoms with van der Waals surface area (Å²) in [5.41, 5.74) is 8.03. The van der Waals surface area contributed by atoms with Gasteiger partial charge in [0.05, 0.1) is 22.8 Å². The molecular formula is C41H23N3. The molecule has 0 aliphatic carbocycles. The summed E-state index contributed by atoms with van der Waals surface area (Å²) >= 11 is 0. The summed E-state index contributed by atoms with van der Waals surface area (Å²) in [6, 6.07) is 45.7. The Morgan fingerprint density at radius 2 is 0.841 bits per heavy atom. The first-order valence-corrected chi connectivity index (χ1v) is 14.9. The Bertz CT molecular complexity index is 2530. The van der Waals surface area contributed by atoms with Crippen molar-refractivity contribution in [2.45, 2.75) is 0 Å². The number of hydrogen-bond acceptors (Lipinski definition) is 3. The van der Waals surface area contributed by atoms with E-state index < -0.39 is 0 Å². The summed E-state index contributed by atoms with van der Waals surface area (Å²) in [4.78, 5) is 14.1. The van der Waals surface area contributed by atoms with Crippen molar-refractivity contribution in [3.8, 4) is 45.0 Å². The number of aromatic nitrogens is 3. The molecule has 3 heterocycles. The molecule has 3 nitrogen and oxygen atoms in total. The Kier molecular flexibility index (Phi) is 4.72. The highest BCUT2D eigenvalue weighted by atomic mass is 14.8. The lowest BCUT2D eigenvalue weighted by Crippen LogP contribution is -1.94. The summed E-state index contributed by atoms with van der Waals surface area (Å²) in [7, 11) is 0. The van der Waals surface area contributed by atoms with Crippen molar-refractivity contribution in [1.29, 1.82) is 0 Å². The average Bonchev–Trinajstić information content (AvgIpc) is 3.48. The molecule has 202 valence electrons. The first-order valence-electron chi connectivity index (χ1n) is 14.9. The van der Waals surface area contributed by atoms with Gasteiger partial charge in [-0.05, 0) is 119 Å². The summed E-state index contributed by atoms with van der Waals surface area (Å²) in [5.74, 6) is 0. The Balaban J connectivity index is 1.16. The fourth-order valence-electron chi connectivity index (χ4n) is 7.24. The van der Waals surface area contributed by atoms with Crippen LogP contribution in [0.5, 0.6) is 0 Å². The van der Waals surface area contributed by atoms with Gasteiger partial charge in [-0.25, -0.2) is 4.98 Å². The standard InChI is InChI=1S/C41H23N3/c1-3-19-42-33(5-1)35-22-30(23-36(44-35)34-6-2-4-20-43-34)24-7-9-25(10-8-24)32-21-29-16-15-27-12-11-26-13-14-28-17-18-31(32)41-39(28)37(26)38(27)40(29)41/h1-23H. The van der Waals surface area contributed by atoms with Crippen molar-refractivity contribution in [1.82, 2.24) is 15.0 Å². The second-order valence-electron chi connectivity index (χ2n) is 11.6. The molecule has 44 heavy (non-hydrogen) atoms. The maximum atomic E-state index is 4.94. The van der Waals surface area contributed by atoms with E-state index in [1.165, 1.54) is 65.0 Å². The molecule has 7 aromatic carbocycles. The quantitative estimate of drug-likeness (QED) is 0.202. The van der Waals surface area contributed by atoms with Crippen LogP contribution in [0.4, 0.5) is 0 Å². The fraction of sp³-hybridized carbons (Fsp3) is 0. The zero-order valence-electron chi connectivity index (χ0n) is 23.6. The highest BCUT2D eigenvalue weighted by molar-refractivity contribution is 6.45. The van der Waals surface area contributed by atoms with E-state index in [9.17, 15) is 0 Å². The largest absolute Gasteiger partial charge is 0.255 e. The molecular weight excluding hydrogens is 534 g/mol. The van der Waals surface area contributed by atoms with Crippen molar-refractivity contribution in [2.75, 3.05) is 0 Å². The van der Waals surface area contributed by atoms with Gasteiger partial charge < -0.3 is 0 Å². The van der Waals surface area contributed by atoms with E-state index >= 15 is 0 Å². The Hall–Kier alpha value is -5.93. The van der Waals surface area contributed by atoms with Gasteiger partial charge in [-0.1, -0.05) is 84.9 Å². The number of benzene rings is 6. The molecule has 3 heteroatoms. The molecule has 0 radical (unpaired) electrons. The van der Waals surface area contributed by atoms with Gasteiger partial charge in [0.15, 0.2) is 0 Å². The molecule has 10 rings (SSSR count). The Morgan fingerprint density at radius 1 is 0.341 bits per heavy atom. The predicted octanol–water partition coefficient (Wildman–Crippen LogP) is 10.6. The van der Waals surface area contributed by atoms with Crippen LogP contribution < -0.4 is 0 Å². The minimum Gasteiger partial charge on any atom is -0.255 e. The van der Waals surface area contributed by atoms with E-state index in [0.717, 1.165) is 33.9 Å². The van der Waals surface area contributed by atoms with E-state index in [1.807, 2.05) is 48.8 Å². The second kappa shape index (κ2) is 8.79. The van der Waals surface area contributed by atoms with Crippen LogP contribution in [-0.2, 0) is 0 Å². The molecule has 0 fully saturated rings. The van der Waals surface area contributed by atoms with Crippen LogP contribution >= 0.6 is 0 Å². The summed E-state index contributed by atoms with van der Waals surface area (Å²) in [6.45, 7) is 0. The Morgan fingerprint density at radius 3 is 1.41 bits per heavy atom. The summed E-state index contributed by atoms with van der Waals surface area (Å²) in [5, 5.41) is 13.6. The molecule has 3 aromatic heterocycles. The van der Waals surface area contributed by atoms with Crippen LogP contribution in [0.3, 0.4) is 0 Å². The van der Waals surface area contributed by atoms with Crippen molar-refractivity contribution in [3.05, 3.63) is 140 Å². The van der Waals surface area contributed by atoms with E-state index in [-0.39, 0.29) is 0 Å². The molecule has 0 N–H and O–H groups in total. The van der Waals surface area contributed by atoms with E-state index in [4.69, 9.17) is 4.98 Å². The fourth-order valence-corrected chi connectivity index (χ4v) is 7.24. The van der Waals surface area contributed by atoms with Gasteiger partial charge in [-0.2, -0.15) is 0 Å². The van der Waals surface area contributed by atoms with Gasteiger partial charge in [-0.15, -0.1) is 0 Å². The lowest BCUT2D eigenvalue weighted by Gasteiger charge is -2.13. The first-order chi connectivity index (χ1) is 21.8. The van der Waals surface area contributed by atoms with Crippen LogP contribution in [0.2, 0.25) is 0 Å². The zero-order chi connectivity index (χ0) is 28.8. The number of hydrogen-bond donors (Lipinski definition) is 0. The second-order valence-corrected chi connectivity index (χ2v) is 11.6. The molecule has 0 aliphatic rings. The van der Waals surface area contributed by atoms with Crippen LogP contribution in [0.1, 0.15) is 0 Å². The smallest absolute Gasteiger partial charge is 0.0900 e. The maximum Gasteiger partial charge on any atom is 0.0900 e. The minimum atomic E-state index is 0.829. The molecule has 0 bridgehead atoms. The maximum absolute atomic E-state index is 4.94. The minimum absolute atomic E-state index is 0.829. The van der Waals surface area contributed by atoms with Crippen molar-refractivity contribution >= 4 is 53.9 Å². The molecule has 10 aromatic rings. The molecule has 0 unspecified atom stereocenters. The lowest BCUT2D eigenvalue weighted by molar-refractivity contribution is 1.22. The summed E-state index contributed by atoms with van der Waals surface area (Å²) in [6.07, 6.45) is 3.61. The van der Waals surface area contributed by atoms with Crippen LogP contribution in [-0.4, -0.2) is 15.0 Å². The molecule has 0 amide bonds. The molecule has 0 saturated carbocycles. The average molecular weight is 558 g/mol. The van der Waals surface area contributed by atoms with Gasteiger partial charge in [0.1, 0.15) is 0 Å². The normalized spacial score (nSPS) is 12.1. The van der Waals surface area contributed by atoms with Crippen molar-refractivity contribution in [2.24, 2.45) is 0 Å². The third kappa shape index (κ3) is 3.29. The third-order valence-corrected chi connectivity index (χ3v) is 9.23. The van der Waals surface area contributed by atoms with Crippen LogP contribution in [0.15, 0.2) is 140 Å². The lowest BCUT2D eigenvalue weighted by atomic mass is 9.91. The number of pyridine rings is 3. The SMILES string of the molecule is c1ccc(-c2cc(-c3ccc(-c4cc5ccc6ccc7ccc8ccc4c4c8c7c6c54)cc3)cc(-c3ccccn3)n2)nc1. The van der Waals surface area contributed by atoms with Crippen LogP contribution in [0, 0.1) is 0 Å². The molecule has 0 saturated heterocycles. The topological polar surface area (TPSA) is 38.7 Å². The first kappa shape index (κ1) is 23.6. The van der Waals surface area contributed by atoms with Gasteiger partial charge in [0.2, 0.25) is 0 Å². The molecule has 0 atom stereocenters. The van der Waals surface area contributed by atoms with Crippen molar-refractivity contribution < 1.29 is 0 Å². The highest BCUT2D eigenvalue weighted by Crippen LogP contribution is 2.50. The van der Waals surface area contributed by atoms with Gasteiger partial charge >= 0.3 is 0 Å². The number of nitrogens with zero attached hydrogens (tertiary/aromatic N) is 3. The highest BCUT2D eigenvalue weighted by Gasteiger charge is 2.22. The zero-order valence-corrected chi connectivity index (χ0v) is 23.6. The van der Waals surface area contributed by atoms with E-state index in [1.54, 1.807) is 0 Å². The van der Waals surface area contributed by atoms with E-state index in [0.29, 0.717) is 0 Å². The predicted molar refractivity (Wildman–Crippen MR) is 183 cm³/mol. The Labute approximate surface area is 253 Å². The van der Waals surface area contributed by atoms with Gasteiger partial charge in [0, 0.05) is 12.4 Å². The number of rotatable bonds is 4. The molecule has 0 spiro atoms.